The average molecular weight is 1010 g/mol. The van der Waals surface area contributed by atoms with E-state index in [4.69, 9.17) is 26.2 Å². The van der Waals surface area contributed by atoms with Crippen LogP contribution in [0.5, 0.6) is 11.5 Å². The third kappa shape index (κ3) is 7.67. The van der Waals surface area contributed by atoms with Crippen LogP contribution in [-0.4, -0.2) is 15.6 Å². The number of para-hydroxylation sites is 3. The maximum Gasteiger partial charge on any atom is 2.00 e. The monoisotopic (exact) mass is 1010 g/mol. The third-order valence-electron chi connectivity index (χ3n) is 11.1. The van der Waals surface area contributed by atoms with E-state index in [9.17, 15) is 0 Å². The van der Waals surface area contributed by atoms with Crippen molar-refractivity contribution in [2.24, 2.45) is 0 Å². The fraction of sp³-hybridized carbons (Fsp3) is 0.158. The second-order valence-corrected chi connectivity index (χ2v) is 17.3. The van der Waals surface area contributed by atoms with Crippen molar-refractivity contribution in [3.05, 3.63) is 193 Å². The number of hydrogen-bond donors (Lipinski definition) is 0. The molecule has 1 aliphatic rings. The summed E-state index contributed by atoms with van der Waals surface area (Å²) in [6.07, 6.45) is 1.82. The van der Waals surface area contributed by atoms with Crippen molar-refractivity contribution < 1.29 is 42.3 Å². The third-order valence-corrected chi connectivity index (χ3v) is 11.1. The summed E-state index contributed by atoms with van der Waals surface area (Å²) in [7, 11) is 0. The zero-order valence-electron chi connectivity index (χ0n) is 47.4. The molecule has 0 unspecified atom stereocenters. The largest absolute Gasteiger partial charge is 2.00 e. The molecule has 5 nitrogen and oxygen atoms in total. The van der Waals surface area contributed by atoms with E-state index >= 15 is 0 Å². The summed E-state index contributed by atoms with van der Waals surface area (Å²) in [6.45, 7) is 9.84. The van der Waals surface area contributed by atoms with Crippen LogP contribution in [-0.2, 0) is 31.9 Å². The Bertz CT molecular complexity index is 3910. The molecule has 0 N–H and O–H groups in total. The van der Waals surface area contributed by atoms with Crippen LogP contribution in [0.4, 0.5) is 22.7 Å². The molecule has 63 heavy (non-hydrogen) atoms. The number of hydrogen-bond acceptors (Lipinski definition) is 2. The van der Waals surface area contributed by atoms with Crippen molar-refractivity contribution in [3.63, 3.8) is 0 Å². The number of pyridine rings is 1. The van der Waals surface area contributed by atoms with Crippen molar-refractivity contribution in [1.82, 2.24) is 18.7 Å². The molecular weight excluding hydrogens is 952 g/mol. The van der Waals surface area contributed by atoms with Crippen LogP contribution in [0.25, 0.3) is 49.9 Å². The minimum absolute atomic E-state index is 0. The maximum atomic E-state index is 9.11. The number of benzene rings is 7. The predicted molar refractivity (Wildman–Crippen MR) is 257 cm³/mol. The second kappa shape index (κ2) is 16.2. The van der Waals surface area contributed by atoms with Crippen molar-refractivity contribution in [3.8, 4) is 39.6 Å². The molecule has 6 heteroatoms. The number of fused-ring (bicyclic) bond motifs is 4. The molecule has 1 aliphatic heterocycles. The van der Waals surface area contributed by atoms with E-state index in [0.717, 1.165) is 44.8 Å². The smallest absolute Gasteiger partial charge is 0.509 e. The Morgan fingerprint density at radius 2 is 1.38 bits per heavy atom. The summed E-state index contributed by atoms with van der Waals surface area (Å²) in [5.74, 6) is 1.40. The van der Waals surface area contributed by atoms with Gasteiger partial charge in [-0.25, -0.2) is 4.98 Å². The molecule has 0 fully saturated rings. The van der Waals surface area contributed by atoms with Crippen molar-refractivity contribution in [1.29, 1.82) is 0 Å². The maximum absolute atomic E-state index is 9.11. The molecule has 0 saturated carbocycles. The summed E-state index contributed by atoms with van der Waals surface area (Å²) in [4.78, 5) is 4.82. The first-order valence-electron chi connectivity index (χ1n) is 26.3. The van der Waals surface area contributed by atoms with E-state index in [1.54, 1.807) is 22.8 Å². The first kappa shape index (κ1) is 29.6. The van der Waals surface area contributed by atoms with Crippen LogP contribution in [0.3, 0.4) is 0 Å². The van der Waals surface area contributed by atoms with Gasteiger partial charge in [-0.15, -0.1) is 29.1 Å². The van der Waals surface area contributed by atoms with Crippen LogP contribution in [0, 0.1) is 19.0 Å². The van der Waals surface area contributed by atoms with Gasteiger partial charge in [0, 0.05) is 39.0 Å². The number of aromatic nitrogens is 2. The molecular formula is C57H48N4OPt+2. The molecule has 0 radical (unpaired) electrons. The van der Waals surface area contributed by atoms with E-state index in [1.807, 2.05) is 75.5 Å². The summed E-state index contributed by atoms with van der Waals surface area (Å²) < 4.78 is 117. The predicted octanol–water partition coefficient (Wildman–Crippen LogP) is 14.7. The standard InChI is InChI=1S/C57H48N4O.Pt/c1-38-18-16-27-51-54(38)60(55-46(39-19-10-8-11-20-39)24-17-25-47(55)40-21-12-9-13-22-40)37-59(51)43-32-42(57(5,6)7)33-45(35-43)62-44-28-29-49-48-23-14-15-26-50(48)61(52(49)36-44)53-34-41(30-31-58-53)56(2,3)4;/h8-34H,1-7H3;/q;+2/i1D3,8D,9D,10D,11D,12D,19D,20D,21D,22D;. The van der Waals surface area contributed by atoms with E-state index < -0.39 is 54.6 Å². The molecule has 7 aromatic carbocycles. The van der Waals surface area contributed by atoms with Crippen molar-refractivity contribution in [2.75, 3.05) is 0 Å². The molecule has 310 valence electrons. The molecule has 9 aromatic rings. The second-order valence-electron chi connectivity index (χ2n) is 17.3. The molecule has 0 amide bonds. The van der Waals surface area contributed by atoms with Gasteiger partial charge in [0.05, 0.1) is 23.5 Å². The zero-order valence-corrected chi connectivity index (χ0v) is 37.7. The first-order valence-corrected chi connectivity index (χ1v) is 20.3. The Morgan fingerprint density at radius 1 is 0.651 bits per heavy atom. The van der Waals surface area contributed by atoms with Gasteiger partial charge in [-0.05, 0) is 74.7 Å². The Balaban J connectivity index is 0.00000689. The topological polar surface area (TPSA) is 33.1 Å². The first-order chi connectivity index (χ1) is 34.8. The zero-order chi connectivity index (χ0) is 53.1. The van der Waals surface area contributed by atoms with E-state index in [-0.39, 0.29) is 77.8 Å². The van der Waals surface area contributed by atoms with Gasteiger partial charge in [-0.3, -0.25) is 0 Å². The summed E-state index contributed by atoms with van der Waals surface area (Å²) in [6, 6.07) is 36.1. The van der Waals surface area contributed by atoms with Crippen LogP contribution >= 0.6 is 0 Å². The van der Waals surface area contributed by atoms with Gasteiger partial charge < -0.3 is 9.30 Å². The summed E-state index contributed by atoms with van der Waals surface area (Å²) in [5.41, 5.74) is 3.42. The minimum atomic E-state index is -2.75. The SMILES string of the molecule is [2H]c1cc([2H])c(-c2cccc(-c3c([2H])c([2H])c([2H])c([2H])c3[2H])c2[N+]2=C=[N+](c3[c-]c(Oc4[c-]c5c(cc4)c4ccccc4n5-c4cc(C(C)(C)C)ccn4)cc(C(C)(C)C)c3)c3cccc(C([2H])([2H])[2H])c32)c([2H])c1[2H].[Pt+2]. The Labute approximate surface area is 401 Å². The van der Waals surface area contributed by atoms with Gasteiger partial charge in [0.1, 0.15) is 11.5 Å². The Hall–Kier alpha value is -6.64. The Morgan fingerprint density at radius 3 is 2.14 bits per heavy atom. The Kier molecular flexibility index (Phi) is 7.64. The molecule has 10 rings (SSSR count). The number of aryl methyl sites for hydroxylation is 1. The molecule has 3 heterocycles. The molecule has 0 bridgehead atoms. The molecule has 0 saturated heterocycles. The van der Waals surface area contributed by atoms with Gasteiger partial charge in [0.2, 0.25) is 5.69 Å². The number of rotatable bonds is 7. The van der Waals surface area contributed by atoms with E-state index in [1.165, 1.54) is 22.8 Å². The normalized spacial score (nSPS) is 15.4. The van der Waals surface area contributed by atoms with Crippen LogP contribution in [0.2, 0.25) is 0 Å². The molecule has 2 aromatic heterocycles. The van der Waals surface area contributed by atoms with Gasteiger partial charge in [0.25, 0.3) is 5.69 Å². The van der Waals surface area contributed by atoms with Gasteiger partial charge in [-0.2, -0.15) is 6.07 Å². The summed E-state index contributed by atoms with van der Waals surface area (Å²) in [5, 5.41) is 1.96. The van der Waals surface area contributed by atoms with Gasteiger partial charge >= 0.3 is 32.8 Å². The van der Waals surface area contributed by atoms with Crippen molar-refractivity contribution >= 4 is 50.6 Å². The molecule has 0 aliphatic carbocycles. The summed E-state index contributed by atoms with van der Waals surface area (Å²) >= 11 is 0. The van der Waals surface area contributed by atoms with Gasteiger partial charge in [-0.1, -0.05) is 161 Å². The number of ether oxygens (including phenoxy) is 1. The average Bonchev–Trinajstić information content (AvgIpc) is 3.90. The molecule has 0 spiro atoms. The fourth-order valence-electron chi connectivity index (χ4n) is 7.93. The quantitative estimate of drug-likeness (QED) is 0.118. The van der Waals surface area contributed by atoms with Crippen molar-refractivity contribution in [2.45, 2.75) is 59.2 Å². The minimum Gasteiger partial charge on any atom is -0.509 e. The van der Waals surface area contributed by atoms with E-state index in [0.29, 0.717) is 22.9 Å². The van der Waals surface area contributed by atoms with Crippen LogP contribution in [0.1, 0.15) is 74.7 Å². The van der Waals surface area contributed by atoms with Crippen LogP contribution < -0.4 is 13.9 Å². The number of nitrogens with zero attached hydrogens (tertiary/aromatic N) is 4. The van der Waals surface area contributed by atoms with E-state index in [2.05, 4.69) is 55.6 Å². The molecule has 0 atom stereocenters. The fourth-order valence-corrected chi connectivity index (χ4v) is 7.93. The van der Waals surface area contributed by atoms with Gasteiger partial charge in [0.15, 0.2) is 0 Å². The van der Waals surface area contributed by atoms with Crippen LogP contribution in [0.15, 0.2) is 164 Å².